The van der Waals surface area contributed by atoms with Crippen molar-refractivity contribution in [1.82, 2.24) is 9.21 Å². The van der Waals surface area contributed by atoms with Gasteiger partial charge in [-0.05, 0) is 48.9 Å². The molecule has 0 atom stereocenters. The average molecular weight is 436 g/mol. The third-order valence-electron chi connectivity index (χ3n) is 5.74. The summed E-state index contributed by atoms with van der Waals surface area (Å²) in [4.78, 5) is 14.3. The standard InChI is InChI=1S/C21H22F2N2O4S/c1-15-13-18(5-6-19(15)23)30(27,28)25-11-12-29-21(25)7-9-24(10-8-21)20(26)16-3-2-4-17(22)14-16/h2-6,13-14H,7-12H2,1H3. The van der Waals surface area contributed by atoms with Gasteiger partial charge in [0.25, 0.3) is 5.91 Å². The Hall–Kier alpha value is -2.36. The number of hydrogen-bond donors (Lipinski definition) is 0. The van der Waals surface area contributed by atoms with E-state index >= 15 is 0 Å². The maximum absolute atomic E-state index is 13.6. The minimum absolute atomic E-state index is 0.0181. The van der Waals surface area contributed by atoms with Crippen molar-refractivity contribution in [2.24, 2.45) is 0 Å². The lowest BCUT2D eigenvalue weighted by molar-refractivity contribution is -0.0857. The Morgan fingerprint density at radius 3 is 2.47 bits per heavy atom. The summed E-state index contributed by atoms with van der Waals surface area (Å²) in [5.41, 5.74) is -0.537. The average Bonchev–Trinajstić information content (AvgIpc) is 3.14. The van der Waals surface area contributed by atoms with E-state index in [-0.39, 0.29) is 48.2 Å². The first-order valence-corrected chi connectivity index (χ1v) is 11.1. The first-order valence-electron chi connectivity index (χ1n) is 9.71. The van der Waals surface area contributed by atoms with Crippen LogP contribution >= 0.6 is 0 Å². The maximum Gasteiger partial charge on any atom is 0.253 e. The summed E-state index contributed by atoms with van der Waals surface area (Å²) in [6, 6.07) is 9.21. The van der Waals surface area contributed by atoms with E-state index in [4.69, 9.17) is 4.74 Å². The smallest absolute Gasteiger partial charge is 0.253 e. The molecule has 2 saturated heterocycles. The van der Waals surface area contributed by atoms with Crippen molar-refractivity contribution in [2.75, 3.05) is 26.2 Å². The fourth-order valence-corrected chi connectivity index (χ4v) is 5.90. The normalized spacial score (nSPS) is 19.4. The van der Waals surface area contributed by atoms with Gasteiger partial charge in [-0.15, -0.1) is 0 Å². The van der Waals surface area contributed by atoms with Crippen molar-refractivity contribution in [2.45, 2.75) is 30.4 Å². The van der Waals surface area contributed by atoms with Crippen LogP contribution in [0.4, 0.5) is 8.78 Å². The van der Waals surface area contributed by atoms with Crippen LogP contribution in [-0.4, -0.2) is 55.5 Å². The van der Waals surface area contributed by atoms with Gasteiger partial charge in [-0.25, -0.2) is 17.2 Å². The third-order valence-corrected chi connectivity index (χ3v) is 7.69. The fourth-order valence-electron chi connectivity index (χ4n) is 4.10. The van der Waals surface area contributed by atoms with Crippen LogP contribution in [0.3, 0.4) is 0 Å². The number of nitrogens with zero attached hydrogens (tertiary/aromatic N) is 2. The van der Waals surface area contributed by atoms with Gasteiger partial charge in [0.1, 0.15) is 17.4 Å². The Morgan fingerprint density at radius 2 is 1.80 bits per heavy atom. The number of likely N-dealkylation sites (tertiary alicyclic amines) is 1. The van der Waals surface area contributed by atoms with E-state index in [0.29, 0.717) is 12.8 Å². The lowest BCUT2D eigenvalue weighted by atomic mass is 10.00. The molecule has 1 amide bonds. The first-order chi connectivity index (χ1) is 14.2. The molecule has 2 fully saturated rings. The van der Waals surface area contributed by atoms with E-state index in [2.05, 4.69) is 0 Å². The summed E-state index contributed by atoms with van der Waals surface area (Å²) in [5, 5.41) is 0. The largest absolute Gasteiger partial charge is 0.358 e. The zero-order chi connectivity index (χ0) is 21.5. The van der Waals surface area contributed by atoms with Crippen LogP contribution in [0.2, 0.25) is 0 Å². The monoisotopic (exact) mass is 436 g/mol. The predicted octanol–water partition coefficient (Wildman–Crippen LogP) is 2.93. The number of carbonyl (C=O) groups excluding carboxylic acids is 1. The number of sulfonamides is 1. The van der Waals surface area contributed by atoms with Crippen LogP contribution in [0.5, 0.6) is 0 Å². The number of carbonyl (C=O) groups is 1. The zero-order valence-electron chi connectivity index (χ0n) is 16.5. The molecule has 2 heterocycles. The molecule has 2 aliphatic rings. The van der Waals surface area contributed by atoms with E-state index in [1.807, 2.05) is 0 Å². The van der Waals surface area contributed by atoms with Crippen molar-refractivity contribution in [3.05, 3.63) is 65.2 Å². The van der Waals surface area contributed by atoms with Crippen molar-refractivity contribution in [3.63, 3.8) is 0 Å². The number of piperidine rings is 1. The Morgan fingerprint density at radius 1 is 1.07 bits per heavy atom. The number of benzene rings is 2. The van der Waals surface area contributed by atoms with Crippen molar-refractivity contribution in [3.8, 4) is 0 Å². The number of ether oxygens (including phenoxy) is 1. The Kier molecular flexibility index (Phi) is 5.37. The molecule has 0 radical (unpaired) electrons. The summed E-state index contributed by atoms with van der Waals surface area (Å²) >= 11 is 0. The second-order valence-corrected chi connectivity index (χ2v) is 9.45. The van der Waals surface area contributed by atoms with E-state index < -0.39 is 27.4 Å². The molecule has 6 nitrogen and oxygen atoms in total. The quantitative estimate of drug-likeness (QED) is 0.742. The van der Waals surface area contributed by atoms with Gasteiger partial charge in [0.2, 0.25) is 10.0 Å². The van der Waals surface area contributed by atoms with Crippen LogP contribution in [0, 0.1) is 18.6 Å². The predicted molar refractivity (Wildman–Crippen MR) is 105 cm³/mol. The minimum atomic E-state index is -3.89. The molecule has 2 aliphatic heterocycles. The molecular formula is C21H22F2N2O4S. The van der Waals surface area contributed by atoms with Crippen LogP contribution in [-0.2, 0) is 14.8 Å². The fraction of sp³-hybridized carbons (Fsp3) is 0.381. The zero-order valence-corrected chi connectivity index (χ0v) is 17.3. The van der Waals surface area contributed by atoms with Gasteiger partial charge < -0.3 is 9.64 Å². The number of hydrogen-bond acceptors (Lipinski definition) is 4. The molecule has 2 aromatic carbocycles. The van der Waals surface area contributed by atoms with Gasteiger partial charge in [-0.2, -0.15) is 4.31 Å². The summed E-state index contributed by atoms with van der Waals surface area (Å²) in [5.74, 6) is -1.25. The summed E-state index contributed by atoms with van der Waals surface area (Å²) < 4.78 is 60.8. The topological polar surface area (TPSA) is 66.9 Å². The molecule has 30 heavy (non-hydrogen) atoms. The second-order valence-electron chi connectivity index (χ2n) is 7.59. The number of amides is 1. The van der Waals surface area contributed by atoms with E-state index in [9.17, 15) is 22.0 Å². The van der Waals surface area contributed by atoms with Gasteiger partial charge in [0.15, 0.2) is 0 Å². The summed E-state index contributed by atoms with van der Waals surface area (Å²) in [6.45, 7) is 2.52. The Labute approximate surface area is 174 Å². The molecule has 0 aromatic heterocycles. The molecular weight excluding hydrogens is 414 g/mol. The van der Waals surface area contributed by atoms with Gasteiger partial charge >= 0.3 is 0 Å². The molecule has 0 N–H and O–H groups in total. The molecule has 1 spiro atoms. The van der Waals surface area contributed by atoms with Gasteiger partial charge in [-0.1, -0.05) is 6.07 Å². The molecule has 9 heteroatoms. The highest BCUT2D eigenvalue weighted by Gasteiger charge is 2.51. The molecule has 2 aromatic rings. The van der Waals surface area contributed by atoms with E-state index in [1.54, 1.807) is 11.0 Å². The summed E-state index contributed by atoms with van der Waals surface area (Å²) in [6.07, 6.45) is 0.598. The lowest BCUT2D eigenvalue weighted by Gasteiger charge is -2.42. The lowest BCUT2D eigenvalue weighted by Crippen LogP contribution is -2.55. The first kappa shape index (κ1) is 20.9. The van der Waals surface area contributed by atoms with Crippen LogP contribution in [0.25, 0.3) is 0 Å². The summed E-state index contributed by atoms with van der Waals surface area (Å²) in [7, 11) is -3.89. The van der Waals surface area contributed by atoms with Crippen molar-refractivity contribution in [1.29, 1.82) is 0 Å². The Balaban J connectivity index is 1.54. The van der Waals surface area contributed by atoms with Crippen LogP contribution in [0.15, 0.2) is 47.4 Å². The van der Waals surface area contributed by atoms with Gasteiger partial charge in [0, 0.05) is 38.0 Å². The highest BCUT2D eigenvalue weighted by atomic mass is 32.2. The highest BCUT2D eigenvalue weighted by molar-refractivity contribution is 7.89. The number of rotatable bonds is 3. The molecule has 0 saturated carbocycles. The van der Waals surface area contributed by atoms with Crippen molar-refractivity contribution >= 4 is 15.9 Å². The van der Waals surface area contributed by atoms with Crippen molar-refractivity contribution < 1.29 is 26.7 Å². The van der Waals surface area contributed by atoms with Gasteiger partial charge in [-0.3, -0.25) is 4.79 Å². The molecule has 4 rings (SSSR count). The van der Waals surface area contributed by atoms with E-state index in [1.165, 1.54) is 41.6 Å². The van der Waals surface area contributed by atoms with Crippen LogP contribution < -0.4 is 0 Å². The van der Waals surface area contributed by atoms with Crippen LogP contribution in [0.1, 0.15) is 28.8 Å². The number of aryl methyl sites for hydroxylation is 1. The molecule has 160 valence electrons. The molecule has 0 unspecified atom stereocenters. The highest BCUT2D eigenvalue weighted by Crippen LogP contribution is 2.38. The Bertz CT molecular complexity index is 1080. The molecule has 0 bridgehead atoms. The molecule has 0 aliphatic carbocycles. The minimum Gasteiger partial charge on any atom is -0.358 e. The SMILES string of the molecule is Cc1cc(S(=O)(=O)N2CCOC23CCN(C(=O)c2cccc(F)c2)CC3)ccc1F. The second kappa shape index (κ2) is 7.72. The maximum atomic E-state index is 13.6. The van der Waals surface area contributed by atoms with E-state index in [0.717, 1.165) is 6.07 Å². The van der Waals surface area contributed by atoms with Gasteiger partial charge in [0.05, 0.1) is 11.5 Å². The third kappa shape index (κ3) is 3.61. The number of halogens is 2.